The Morgan fingerprint density at radius 3 is 2.85 bits per heavy atom. The molecule has 2 aromatic rings. The van der Waals surface area contributed by atoms with Crippen molar-refractivity contribution in [2.75, 3.05) is 36.5 Å². The molecule has 2 amide bonds. The first-order valence-electron chi connectivity index (χ1n) is 9.23. The number of hydrogen-bond acceptors (Lipinski definition) is 4. The van der Waals surface area contributed by atoms with Crippen LogP contribution in [0.3, 0.4) is 0 Å². The summed E-state index contributed by atoms with van der Waals surface area (Å²) in [7, 11) is 0. The Morgan fingerprint density at radius 2 is 2.12 bits per heavy atom. The minimum absolute atomic E-state index is 0.187. The number of rotatable bonds is 8. The number of furan rings is 1. The maximum absolute atomic E-state index is 12.0. The van der Waals surface area contributed by atoms with E-state index in [9.17, 15) is 4.79 Å². The summed E-state index contributed by atoms with van der Waals surface area (Å²) in [4.78, 5) is 14.4. The largest absolute Gasteiger partial charge is 0.467 e. The van der Waals surface area contributed by atoms with Crippen molar-refractivity contribution < 1.29 is 13.9 Å². The molecule has 1 saturated heterocycles. The lowest BCUT2D eigenvalue weighted by molar-refractivity contribution is 0.104. The fourth-order valence-corrected chi connectivity index (χ4v) is 3.07. The summed E-state index contributed by atoms with van der Waals surface area (Å²) in [5, 5.41) is 5.77. The van der Waals surface area contributed by atoms with Crippen LogP contribution >= 0.6 is 0 Å². The second kappa shape index (κ2) is 9.29. The van der Waals surface area contributed by atoms with Crippen molar-refractivity contribution in [1.29, 1.82) is 0 Å². The highest BCUT2D eigenvalue weighted by atomic mass is 16.5. The molecule has 2 N–H and O–H groups in total. The molecule has 0 spiro atoms. The molecule has 2 heterocycles. The molecule has 26 heavy (non-hydrogen) atoms. The van der Waals surface area contributed by atoms with Gasteiger partial charge < -0.3 is 24.7 Å². The monoisotopic (exact) mass is 357 g/mol. The molecule has 0 aliphatic carbocycles. The molecule has 0 unspecified atom stereocenters. The molecule has 3 rings (SSSR count). The smallest absolute Gasteiger partial charge is 0.319 e. The van der Waals surface area contributed by atoms with E-state index >= 15 is 0 Å². The minimum atomic E-state index is -0.187. The van der Waals surface area contributed by atoms with Gasteiger partial charge in [-0.2, -0.15) is 0 Å². The van der Waals surface area contributed by atoms with Crippen molar-refractivity contribution in [3.8, 4) is 0 Å². The highest BCUT2D eigenvalue weighted by molar-refractivity contribution is 5.90. The Hall–Kier alpha value is -2.47. The van der Waals surface area contributed by atoms with E-state index in [0.29, 0.717) is 19.8 Å². The van der Waals surface area contributed by atoms with Crippen LogP contribution in [0.4, 0.5) is 16.2 Å². The fraction of sp³-hybridized carbons (Fsp3) is 0.450. The van der Waals surface area contributed by atoms with Gasteiger partial charge in [-0.3, -0.25) is 0 Å². The lowest BCUT2D eigenvalue weighted by Gasteiger charge is -2.19. The standard InChI is InChI=1S/C20H27N3O3/c1-16-14-17(23-10-2-3-11-23)7-8-19(16)22-20(24)21-9-5-12-25-15-18-6-4-13-26-18/h4,6-8,13-14H,2-3,5,9-12,15H2,1H3,(H2,21,22,24). The number of benzene rings is 1. The van der Waals surface area contributed by atoms with Gasteiger partial charge in [0, 0.05) is 37.6 Å². The number of nitrogens with zero attached hydrogens (tertiary/aromatic N) is 1. The zero-order chi connectivity index (χ0) is 18.2. The average Bonchev–Trinajstić information content (AvgIpc) is 3.33. The molecule has 1 fully saturated rings. The van der Waals surface area contributed by atoms with Crippen LogP contribution in [0.15, 0.2) is 41.0 Å². The van der Waals surface area contributed by atoms with Crippen molar-refractivity contribution in [1.82, 2.24) is 5.32 Å². The molecule has 0 radical (unpaired) electrons. The number of hydrogen-bond donors (Lipinski definition) is 2. The van der Waals surface area contributed by atoms with E-state index in [1.54, 1.807) is 6.26 Å². The van der Waals surface area contributed by atoms with Gasteiger partial charge in [0.15, 0.2) is 0 Å². The minimum Gasteiger partial charge on any atom is -0.467 e. The zero-order valence-electron chi connectivity index (χ0n) is 15.3. The molecule has 6 heteroatoms. The first-order valence-corrected chi connectivity index (χ1v) is 9.23. The number of amides is 2. The lowest BCUT2D eigenvalue weighted by atomic mass is 10.1. The summed E-state index contributed by atoms with van der Waals surface area (Å²) in [5.41, 5.74) is 3.16. The van der Waals surface area contributed by atoms with Crippen molar-refractivity contribution >= 4 is 17.4 Å². The third-order valence-electron chi connectivity index (χ3n) is 4.50. The normalized spacial score (nSPS) is 13.8. The average molecular weight is 357 g/mol. The van der Waals surface area contributed by atoms with Gasteiger partial charge in [0.25, 0.3) is 0 Å². The molecule has 6 nitrogen and oxygen atoms in total. The van der Waals surface area contributed by atoms with Crippen molar-refractivity contribution in [2.24, 2.45) is 0 Å². The van der Waals surface area contributed by atoms with Crippen LogP contribution < -0.4 is 15.5 Å². The van der Waals surface area contributed by atoms with Gasteiger partial charge in [-0.05, 0) is 62.1 Å². The third-order valence-corrected chi connectivity index (χ3v) is 4.50. The summed E-state index contributed by atoms with van der Waals surface area (Å²) in [6, 6.07) is 9.73. The van der Waals surface area contributed by atoms with Crippen LogP contribution in [0.2, 0.25) is 0 Å². The zero-order valence-corrected chi connectivity index (χ0v) is 15.3. The first kappa shape index (κ1) is 18.3. The number of ether oxygens (including phenoxy) is 1. The number of aryl methyl sites for hydroxylation is 1. The number of anilines is 2. The topological polar surface area (TPSA) is 66.7 Å². The molecular formula is C20H27N3O3. The molecule has 0 atom stereocenters. The van der Waals surface area contributed by atoms with Crippen LogP contribution in [0.1, 0.15) is 30.6 Å². The highest BCUT2D eigenvalue weighted by Gasteiger charge is 2.13. The molecule has 0 saturated carbocycles. The summed E-state index contributed by atoms with van der Waals surface area (Å²) in [5.74, 6) is 0.809. The third kappa shape index (κ3) is 5.26. The van der Waals surface area contributed by atoms with Gasteiger partial charge in [0.05, 0.1) is 6.26 Å². The van der Waals surface area contributed by atoms with Gasteiger partial charge in [0.1, 0.15) is 12.4 Å². The molecule has 140 valence electrons. The van der Waals surface area contributed by atoms with E-state index in [1.165, 1.54) is 18.5 Å². The Morgan fingerprint density at radius 1 is 1.27 bits per heavy atom. The molecule has 1 aromatic heterocycles. The lowest BCUT2D eigenvalue weighted by Crippen LogP contribution is -2.30. The number of nitrogens with one attached hydrogen (secondary N) is 2. The Labute approximate surface area is 154 Å². The number of urea groups is 1. The van der Waals surface area contributed by atoms with Crippen LogP contribution in [-0.4, -0.2) is 32.3 Å². The SMILES string of the molecule is Cc1cc(N2CCCC2)ccc1NC(=O)NCCCOCc1ccco1. The van der Waals surface area contributed by atoms with Crippen LogP contribution in [-0.2, 0) is 11.3 Å². The van der Waals surface area contributed by atoms with Gasteiger partial charge in [-0.1, -0.05) is 0 Å². The van der Waals surface area contributed by atoms with Crippen LogP contribution in [0.25, 0.3) is 0 Å². The van der Waals surface area contributed by atoms with Gasteiger partial charge in [-0.15, -0.1) is 0 Å². The second-order valence-corrected chi connectivity index (χ2v) is 6.56. The first-order chi connectivity index (χ1) is 12.7. The summed E-state index contributed by atoms with van der Waals surface area (Å²) in [6.45, 7) is 5.86. The summed E-state index contributed by atoms with van der Waals surface area (Å²) < 4.78 is 10.7. The maximum Gasteiger partial charge on any atom is 0.319 e. The Kier molecular flexibility index (Phi) is 6.55. The van der Waals surface area contributed by atoms with E-state index in [1.807, 2.05) is 25.1 Å². The van der Waals surface area contributed by atoms with E-state index < -0.39 is 0 Å². The predicted molar refractivity (Wildman–Crippen MR) is 103 cm³/mol. The van der Waals surface area contributed by atoms with Crippen LogP contribution in [0, 0.1) is 6.92 Å². The van der Waals surface area contributed by atoms with Gasteiger partial charge in [0.2, 0.25) is 0 Å². The van der Waals surface area contributed by atoms with Crippen molar-refractivity contribution in [3.05, 3.63) is 47.9 Å². The highest BCUT2D eigenvalue weighted by Crippen LogP contribution is 2.25. The van der Waals surface area contributed by atoms with Crippen molar-refractivity contribution in [3.63, 3.8) is 0 Å². The predicted octanol–water partition coefficient (Wildman–Crippen LogP) is 3.92. The molecule has 1 aromatic carbocycles. The van der Waals surface area contributed by atoms with Crippen LogP contribution in [0.5, 0.6) is 0 Å². The van der Waals surface area contributed by atoms with E-state index in [-0.39, 0.29) is 6.03 Å². The van der Waals surface area contributed by atoms with Gasteiger partial charge >= 0.3 is 6.03 Å². The van der Waals surface area contributed by atoms with Crippen molar-refractivity contribution in [2.45, 2.75) is 32.8 Å². The number of carbonyl (C=O) groups is 1. The quantitative estimate of drug-likeness (QED) is 0.703. The van der Waals surface area contributed by atoms with E-state index in [0.717, 1.165) is 36.5 Å². The summed E-state index contributed by atoms with van der Waals surface area (Å²) in [6.07, 6.45) is 4.89. The molecule has 1 aliphatic heterocycles. The number of carbonyl (C=O) groups excluding carboxylic acids is 1. The van der Waals surface area contributed by atoms with E-state index in [4.69, 9.17) is 9.15 Å². The second-order valence-electron chi connectivity index (χ2n) is 6.56. The summed E-state index contributed by atoms with van der Waals surface area (Å²) >= 11 is 0. The van der Waals surface area contributed by atoms with E-state index in [2.05, 4.69) is 27.7 Å². The van der Waals surface area contributed by atoms with Gasteiger partial charge in [-0.25, -0.2) is 4.79 Å². The Balaban J connectivity index is 1.35. The maximum atomic E-state index is 12.0. The molecule has 1 aliphatic rings. The Bertz CT molecular complexity index is 694. The fourth-order valence-electron chi connectivity index (χ4n) is 3.07. The molecular weight excluding hydrogens is 330 g/mol. The molecule has 0 bridgehead atoms.